The Labute approximate surface area is 87.0 Å². The summed E-state index contributed by atoms with van der Waals surface area (Å²) in [5.74, 6) is 0.578. The average Bonchev–Trinajstić information content (AvgIpc) is 2.13. The molecule has 0 bridgehead atoms. The fourth-order valence-corrected chi connectivity index (χ4v) is 1.08. The van der Waals surface area contributed by atoms with Crippen LogP contribution in [0.2, 0.25) is 0 Å². The summed E-state index contributed by atoms with van der Waals surface area (Å²) in [6.45, 7) is 8.45. The molecule has 3 heteroatoms. The molecule has 3 nitrogen and oxygen atoms in total. The van der Waals surface area contributed by atoms with Crippen molar-refractivity contribution in [1.29, 1.82) is 0 Å². The zero-order valence-corrected chi connectivity index (χ0v) is 9.49. The van der Waals surface area contributed by atoms with Crippen LogP contribution in [0.5, 0.6) is 0 Å². The lowest BCUT2D eigenvalue weighted by Gasteiger charge is -2.21. The van der Waals surface area contributed by atoms with E-state index >= 15 is 0 Å². The van der Waals surface area contributed by atoms with Crippen LogP contribution in [0.25, 0.3) is 0 Å². The van der Waals surface area contributed by atoms with Crippen molar-refractivity contribution in [3.63, 3.8) is 0 Å². The van der Waals surface area contributed by atoms with Crippen LogP contribution in [-0.2, 0) is 4.79 Å². The number of nitrogens with two attached hydrogens (primary N) is 1. The second kappa shape index (κ2) is 6.60. The SMILES string of the molecule is C=CCC(=O)N(C)CCC(N)C(C)C. The van der Waals surface area contributed by atoms with Gasteiger partial charge in [0.25, 0.3) is 0 Å². The highest BCUT2D eigenvalue weighted by Crippen LogP contribution is 2.04. The summed E-state index contributed by atoms with van der Waals surface area (Å²) in [6, 6.07) is 0.175. The number of carbonyl (C=O) groups is 1. The van der Waals surface area contributed by atoms with E-state index in [1.807, 2.05) is 0 Å². The Morgan fingerprint density at radius 3 is 2.57 bits per heavy atom. The molecule has 0 fully saturated rings. The number of hydrogen-bond acceptors (Lipinski definition) is 2. The van der Waals surface area contributed by atoms with E-state index < -0.39 is 0 Å². The Morgan fingerprint density at radius 1 is 1.57 bits per heavy atom. The summed E-state index contributed by atoms with van der Waals surface area (Å²) < 4.78 is 0. The lowest BCUT2D eigenvalue weighted by atomic mass is 10.0. The summed E-state index contributed by atoms with van der Waals surface area (Å²) >= 11 is 0. The summed E-state index contributed by atoms with van der Waals surface area (Å²) in [5, 5.41) is 0. The molecule has 82 valence electrons. The average molecular weight is 198 g/mol. The molecule has 0 aliphatic carbocycles. The summed E-state index contributed by atoms with van der Waals surface area (Å²) in [6.07, 6.45) is 2.89. The van der Waals surface area contributed by atoms with Gasteiger partial charge in [-0.25, -0.2) is 0 Å². The van der Waals surface area contributed by atoms with Crippen molar-refractivity contribution < 1.29 is 4.79 Å². The molecular formula is C11H22N2O. The predicted molar refractivity (Wildman–Crippen MR) is 59.9 cm³/mol. The highest BCUT2D eigenvalue weighted by molar-refractivity contribution is 5.77. The molecule has 1 atom stereocenters. The number of carbonyl (C=O) groups excluding carboxylic acids is 1. The highest BCUT2D eigenvalue weighted by Gasteiger charge is 2.11. The molecule has 0 rings (SSSR count). The van der Waals surface area contributed by atoms with Gasteiger partial charge in [0.05, 0.1) is 0 Å². The fourth-order valence-electron chi connectivity index (χ4n) is 1.08. The normalized spacial score (nSPS) is 12.6. The van der Waals surface area contributed by atoms with Crippen LogP contribution >= 0.6 is 0 Å². The summed E-state index contributed by atoms with van der Waals surface area (Å²) in [4.78, 5) is 13.1. The van der Waals surface area contributed by atoms with Gasteiger partial charge in [-0.05, 0) is 12.3 Å². The standard InChI is InChI=1S/C11H22N2O/c1-5-6-11(14)13(4)8-7-10(12)9(2)3/h5,9-10H,1,6-8,12H2,2-4H3. The molecule has 14 heavy (non-hydrogen) atoms. The first-order chi connectivity index (χ1) is 6.49. The van der Waals surface area contributed by atoms with Crippen LogP contribution < -0.4 is 5.73 Å². The molecular weight excluding hydrogens is 176 g/mol. The minimum Gasteiger partial charge on any atom is -0.345 e. The second-order valence-electron chi connectivity index (χ2n) is 4.00. The highest BCUT2D eigenvalue weighted by atomic mass is 16.2. The Hall–Kier alpha value is -0.830. The van der Waals surface area contributed by atoms with E-state index in [-0.39, 0.29) is 11.9 Å². The predicted octanol–water partition coefficient (Wildman–Crippen LogP) is 1.39. The van der Waals surface area contributed by atoms with Gasteiger partial charge in [-0.2, -0.15) is 0 Å². The van der Waals surface area contributed by atoms with E-state index in [1.165, 1.54) is 0 Å². The smallest absolute Gasteiger partial charge is 0.226 e. The molecule has 0 saturated carbocycles. The largest absolute Gasteiger partial charge is 0.345 e. The van der Waals surface area contributed by atoms with Crippen molar-refractivity contribution >= 4 is 5.91 Å². The van der Waals surface area contributed by atoms with Crippen molar-refractivity contribution in [3.8, 4) is 0 Å². The van der Waals surface area contributed by atoms with Gasteiger partial charge in [-0.15, -0.1) is 6.58 Å². The van der Waals surface area contributed by atoms with Crippen LogP contribution in [0.3, 0.4) is 0 Å². The lowest BCUT2D eigenvalue weighted by molar-refractivity contribution is -0.129. The third-order valence-corrected chi connectivity index (χ3v) is 2.40. The van der Waals surface area contributed by atoms with Crippen LogP contribution in [0.4, 0.5) is 0 Å². The topological polar surface area (TPSA) is 46.3 Å². The van der Waals surface area contributed by atoms with Gasteiger partial charge in [0, 0.05) is 26.1 Å². The number of amides is 1. The Kier molecular flexibility index (Phi) is 6.21. The summed E-state index contributed by atoms with van der Waals surface area (Å²) in [5.41, 5.74) is 5.88. The van der Waals surface area contributed by atoms with Gasteiger partial charge in [-0.3, -0.25) is 4.79 Å². The first-order valence-corrected chi connectivity index (χ1v) is 5.09. The molecule has 0 aromatic carbocycles. The Bertz CT molecular complexity index is 190. The minimum atomic E-state index is 0.107. The quantitative estimate of drug-likeness (QED) is 0.656. The molecule has 0 saturated heterocycles. The number of hydrogen-bond donors (Lipinski definition) is 1. The maximum atomic E-state index is 11.3. The maximum Gasteiger partial charge on any atom is 0.226 e. The van der Waals surface area contributed by atoms with Gasteiger partial charge in [0.15, 0.2) is 0 Å². The van der Waals surface area contributed by atoms with Gasteiger partial charge >= 0.3 is 0 Å². The van der Waals surface area contributed by atoms with Crippen molar-refractivity contribution in [2.45, 2.75) is 32.7 Å². The zero-order chi connectivity index (χ0) is 11.1. The fraction of sp³-hybridized carbons (Fsp3) is 0.727. The molecule has 1 unspecified atom stereocenters. The van der Waals surface area contributed by atoms with Crippen LogP contribution in [0.1, 0.15) is 26.7 Å². The molecule has 0 heterocycles. The summed E-state index contributed by atoms with van der Waals surface area (Å²) in [7, 11) is 1.80. The molecule has 0 aliphatic heterocycles. The van der Waals surface area contributed by atoms with Crippen LogP contribution in [-0.4, -0.2) is 30.4 Å². The van der Waals surface area contributed by atoms with Gasteiger partial charge in [-0.1, -0.05) is 19.9 Å². The number of rotatable bonds is 6. The van der Waals surface area contributed by atoms with Crippen molar-refractivity contribution in [1.82, 2.24) is 4.90 Å². The van der Waals surface area contributed by atoms with E-state index in [0.717, 1.165) is 13.0 Å². The van der Waals surface area contributed by atoms with Crippen LogP contribution in [0.15, 0.2) is 12.7 Å². The first kappa shape index (κ1) is 13.2. The van der Waals surface area contributed by atoms with E-state index in [9.17, 15) is 4.79 Å². The molecule has 2 N–H and O–H groups in total. The monoisotopic (exact) mass is 198 g/mol. The molecule has 0 spiro atoms. The van der Waals surface area contributed by atoms with Crippen molar-refractivity contribution in [2.75, 3.05) is 13.6 Å². The van der Waals surface area contributed by atoms with Gasteiger partial charge in [0.2, 0.25) is 5.91 Å². The first-order valence-electron chi connectivity index (χ1n) is 5.09. The maximum absolute atomic E-state index is 11.3. The lowest BCUT2D eigenvalue weighted by Crippen LogP contribution is -2.34. The molecule has 0 aromatic heterocycles. The molecule has 1 amide bonds. The van der Waals surface area contributed by atoms with E-state index in [4.69, 9.17) is 5.73 Å². The third kappa shape index (κ3) is 5.02. The Morgan fingerprint density at radius 2 is 2.14 bits per heavy atom. The van der Waals surface area contributed by atoms with Crippen molar-refractivity contribution in [2.24, 2.45) is 11.7 Å². The molecule has 0 radical (unpaired) electrons. The molecule has 0 aliphatic rings. The third-order valence-electron chi connectivity index (χ3n) is 2.40. The van der Waals surface area contributed by atoms with Gasteiger partial charge in [0.1, 0.15) is 0 Å². The van der Waals surface area contributed by atoms with E-state index in [2.05, 4.69) is 20.4 Å². The van der Waals surface area contributed by atoms with Crippen LogP contribution in [0, 0.1) is 5.92 Å². The van der Waals surface area contributed by atoms with Gasteiger partial charge < -0.3 is 10.6 Å². The minimum absolute atomic E-state index is 0.107. The van der Waals surface area contributed by atoms with E-state index in [0.29, 0.717) is 12.3 Å². The second-order valence-corrected chi connectivity index (χ2v) is 4.00. The molecule has 0 aromatic rings. The number of nitrogens with zero attached hydrogens (tertiary/aromatic N) is 1. The Balaban J connectivity index is 3.78. The van der Waals surface area contributed by atoms with Crippen molar-refractivity contribution in [3.05, 3.63) is 12.7 Å². The zero-order valence-electron chi connectivity index (χ0n) is 9.49. The van der Waals surface area contributed by atoms with E-state index in [1.54, 1.807) is 18.0 Å².